The van der Waals surface area contributed by atoms with E-state index in [0.29, 0.717) is 19.1 Å². The molecule has 2 unspecified atom stereocenters. The molecule has 0 bridgehead atoms. The molecular weight excluding hydrogens is 230 g/mol. The molecule has 0 amide bonds. The Morgan fingerprint density at radius 1 is 1.39 bits per heavy atom. The molecule has 98 valence electrons. The first kappa shape index (κ1) is 11.9. The van der Waals surface area contributed by atoms with Gasteiger partial charge in [-0.2, -0.15) is 0 Å². The maximum absolute atomic E-state index is 12.2. The van der Waals surface area contributed by atoms with E-state index in [9.17, 15) is 4.79 Å². The van der Waals surface area contributed by atoms with E-state index in [1.54, 1.807) is 6.26 Å². The summed E-state index contributed by atoms with van der Waals surface area (Å²) in [5.74, 6) is 0.632. The lowest BCUT2D eigenvalue weighted by atomic mass is 9.88. The predicted molar refractivity (Wildman–Crippen MR) is 67.0 cm³/mol. The number of allylic oxidation sites excluding steroid dienone is 1. The molecule has 0 aromatic heterocycles. The quantitative estimate of drug-likeness (QED) is 0.812. The van der Waals surface area contributed by atoms with Gasteiger partial charge in [0.15, 0.2) is 5.78 Å². The molecule has 0 aromatic rings. The second-order valence-electron chi connectivity index (χ2n) is 5.21. The van der Waals surface area contributed by atoms with Crippen LogP contribution in [-0.2, 0) is 14.3 Å². The van der Waals surface area contributed by atoms with Gasteiger partial charge in [0, 0.05) is 5.57 Å². The topological polar surface area (TPSA) is 47.6 Å². The molecule has 0 aromatic carbocycles. The molecule has 4 nitrogen and oxygen atoms in total. The minimum Gasteiger partial charge on any atom is -0.500 e. The van der Waals surface area contributed by atoms with Gasteiger partial charge < -0.3 is 14.8 Å². The fourth-order valence-electron chi connectivity index (χ4n) is 2.74. The number of Topliss-reactive ketones (excluding diaryl/α,β-unsaturated/α-hetero) is 1. The maximum Gasteiger partial charge on any atom is 0.176 e. The van der Waals surface area contributed by atoms with Gasteiger partial charge in [-0.15, -0.1) is 0 Å². The van der Waals surface area contributed by atoms with Crippen LogP contribution in [0.3, 0.4) is 0 Å². The summed E-state index contributed by atoms with van der Waals surface area (Å²) in [6.45, 7) is 3.29. The van der Waals surface area contributed by atoms with E-state index in [1.165, 1.54) is 0 Å². The predicted octanol–water partition coefficient (Wildman–Crippen LogP) is 1.04. The number of fused-ring (bicyclic) bond motifs is 1. The van der Waals surface area contributed by atoms with Crippen molar-refractivity contribution in [1.29, 1.82) is 0 Å². The average molecular weight is 249 g/mol. The summed E-state index contributed by atoms with van der Waals surface area (Å²) >= 11 is 0. The van der Waals surface area contributed by atoms with Gasteiger partial charge >= 0.3 is 0 Å². The zero-order chi connectivity index (χ0) is 12.4. The minimum absolute atomic E-state index is 0.104. The standard InChI is InChI=1S/C14H19NO3/c16-14-12-9-17-8-11(12)1-2-13(14)18-7-10-3-5-15-6-4-10/h1-2,8,10,12-13,15H,3-7,9H2. The smallest absolute Gasteiger partial charge is 0.176 e. The highest BCUT2D eigenvalue weighted by Crippen LogP contribution is 2.28. The van der Waals surface area contributed by atoms with Crippen molar-refractivity contribution in [2.75, 3.05) is 26.3 Å². The first-order valence-corrected chi connectivity index (χ1v) is 6.70. The highest BCUT2D eigenvalue weighted by molar-refractivity contribution is 5.92. The molecule has 1 N–H and O–H groups in total. The molecule has 2 aliphatic heterocycles. The highest BCUT2D eigenvalue weighted by atomic mass is 16.5. The molecule has 0 spiro atoms. The van der Waals surface area contributed by atoms with E-state index < -0.39 is 0 Å². The summed E-state index contributed by atoms with van der Waals surface area (Å²) in [7, 11) is 0. The van der Waals surface area contributed by atoms with Crippen molar-refractivity contribution in [1.82, 2.24) is 5.32 Å². The minimum atomic E-state index is -0.372. The Morgan fingerprint density at radius 3 is 3.06 bits per heavy atom. The highest BCUT2D eigenvalue weighted by Gasteiger charge is 2.35. The summed E-state index contributed by atoms with van der Waals surface area (Å²) in [6, 6.07) is 0. The molecule has 0 radical (unpaired) electrons. The molecule has 1 fully saturated rings. The monoisotopic (exact) mass is 249 g/mol. The SMILES string of the molecule is O=C1C(OCC2CCNCC2)C=CC2=COCC12. The lowest BCUT2D eigenvalue weighted by Gasteiger charge is -2.26. The number of carbonyl (C=O) groups is 1. The second kappa shape index (κ2) is 5.24. The second-order valence-corrected chi connectivity index (χ2v) is 5.21. The van der Waals surface area contributed by atoms with Crippen LogP contribution in [0.1, 0.15) is 12.8 Å². The summed E-state index contributed by atoms with van der Waals surface area (Å²) < 4.78 is 11.0. The molecule has 1 aliphatic carbocycles. The van der Waals surface area contributed by atoms with Gasteiger partial charge in [0.1, 0.15) is 12.7 Å². The first-order valence-electron chi connectivity index (χ1n) is 6.70. The number of ether oxygens (including phenoxy) is 2. The van der Waals surface area contributed by atoms with E-state index in [0.717, 1.165) is 31.5 Å². The molecule has 2 heterocycles. The number of nitrogens with one attached hydrogen (secondary N) is 1. The van der Waals surface area contributed by atoms with E-state index in [2.05, 4.69) is 5.32 Å². The van der Waals surface area contributed by atoms with Crippen LogP contribution in [0.4, 0.5) is 0 Å². The maximum atomic E-state index is 12.2. The van der Waals surface area contributed by atoms with Crippen LogP contribution >= 0.6 is 0 Å². The van der Waals surface area contributed by atoms with Gasteiger partial charge in [-0.05, 0) is 37.9 Å². The van der Waals surface area contributed by atoms with Gasteiger partial charge in [0.25, 0.3) is 0 Å². The molecule has 4 heteroatoms. The lowest BCUT2D eigenvalue weighted by molar-refractivity contribution is -0.132. The van der Waals surface area contributed by atoms with Crippen LogP contribution in [0.15, 0.2) is 24.0 Å². The number of ketones is 1. The fraction of sp³-hybridized carbons (Fsp3) is 0.643. The third kappa shape index (κ3) is 2.35. The molecule has 1 saturated heterocycles. The van der Waals surface area contributed by atoms with Crippen molar-refractivity contribution in [3.8, 4) is 0 Å². The van der Waals surface area contributed by atoms with Gasteiger partial charge in [-0.3, -0.25) is 4.79 Å². The number of rotatable bonds is 3. The fourth-order valence-corrected chi connectivity index (χ4v) is 2.74. The third-order valence-corrected chi connectivity index (χ3v) is 3.94. The Hall–Kier alpha value is -1.13. The van der Waals surface area contributed by atoms with Crippen molar-refractivity contribution in [2.24, 2.45) is 11.8 Å². The number of carbonyl (C=O) groups excluding carboxylic acids is 1. The first-order chi connectivity index (χ1) is 8.84. The van der Waals surface area contributed by atoms with Crippen molar-refractivity contribution in [2.45, 2.75) is 18.9 Å². The summed E-state index contributed by atoms with van der Waals surface area (Å²) in [5, 5.41) is 3.33. The Morgan fingerprint density at radius 2 is 2.22 bits per heavy atom. The number of piperidine rings is 1. The van der Waals surface area contributed by atoms with Gasteiger partial charge in [-0.1, -0.05) is 6.08 Å². The molecule has 18 heavy (non-hydrogen) atoms. The Kier molecular flexibility index (Phi) is 3.48. The molecular formula is C14H19NO3. The van der Waals surface area contributed by atoms with Crippen molar-refractivity contribution in [3.05, 3.63) is 24.0 Å². The lowest BCUT2D eigenvalue weighted by Crippen LogP contribution is -2.36. The van der Waals surface area contributed by atoms with Gasteiger partial charge in [0.2, 0.25) is 0 Å². The number of hydrogen-bond donors (Lipinski definition) is 1. The van der Waals surface area contributed by atoms with Crippen LogP contribution in [0.25, 0.3) is 0 Å². The van der Waals surface area contributed by atoms with Crippen molar-refractivity contribution in [3.63, 3.8) is 0 Å². The number of hydrogen-bond acceptors (Lipinski definition) is 4. The Bertz CT molecular complexity index is 383. The molecule has 2 atom stereocenters. The molecule has 3 rings (SSSR count). The van der Waals surface area contributed by atoms with Crippen molar-refractivity contribution < 1.29 is 14.3 Å². The zero-order valence-corrected chi connectivity index (χ0v) is 10.4. The van der Waals surface area contributed by atoms with Gasteiger partial charge in [-0.25, -0.2) is 0 Å². The molecule has 0 saturated carbocycles. The normalized spacial score (nSPS) is 32.0. The van der Waals surface area contributed by atoms with E-state index in [1.807, 2.05) is 12.2 Å². The summed E-state index contributed by atoms with van der Waals surface area (Å²) in [6.07, 6.45) is 7.42. The summed E-state index contributed by atoms with van der Waals surface area (Å²) in [4.78, 5) is 12.2. The Balaban J connectivity index is 1.55. The zero-order valence-electron chi connectivity index (χ0n) is 10.4. The van der Waals surface area contributed by atoms with Crippen molar-refractivity contribution >= 4 is 5.78 Å². The third-order valence-electron chi connectivity index (χ3n) is 3.94. The van der Waals surface area contributed by atoms with Crippen LogP contribution in [0.2, 0.25) is 0 Å². The largest absolute Gasteiger partial charge is 0.500 e. The van der Waals surface area contributed by atoms with Crippen LogP contribution in [0.5, 0.6) is 0 Å². The van der Waals surface area contributed by atoms with Gasteiger partial charge in [0.05, 0.1) is 18.8 Å². The van der Waals surface area contributed by atoms with Crippen LogP contribution in [-0.4, -0.2) is 38.2 Å². The van der Waals surface area contributed by atoms with E-state index >= 15 is 0 Å². The Labute approximate surface area is 107 Å². The van der Waals surface area contributed by atoms with E-state index in [4.69, 9.17) is 9.47 Å². The summed E-state index contributed by atoms with van der Waals surface area (Å²) in [5.41, 5.74) is 0.988. The molecule has 3 aliphatic rings. The van der Waals surface area contributed by atoms with E-state index in [-0.39, 0.29) is 17.8 Å². The van der Waals surface area contributed by atoms with Crippen LogP contribution in [0, 0.1) is 11.8 Å². The van der Waals surface area contributed by atoms with Crippen LogP contribution < -0.4 is 5.32 Å². The average Bonchev–Trinajstić information content (AvgIpc) is 2.88.